The topological polar surface area (TPSA) is 69.4 Å². The lowest BCUT2D eigenvalue weighted by Crippen LogP contribution is -2.19. The summed E-state index contributed by atoms with van der Waals surface area (Å²) in [6.07, 6.45) is 7.33. The van der Waals surface area contributed by atoms with E-state index in [1.54, 1.807) is 7.11 Å². The van der Waals surface area contributed by atoms with Gasteiger partial charge in [0.1, 0.15) is 17.6 Å². The molecule has 1 aliphatic heterocycles. The molecule has 2 unspecified atom stereocenters. The summed E-state index contributed by atoms with van der Waals surface area (Å²) in [4.78, 5) is 4.67. The van der Waals surface area contributed by atoms with Crippen molar-refractivity contribution in [3.05, 3.63) is 35.0 Å². The summed E-state index contributed by atoms with van der Waals surface area (Å²) in [5.74, 6) is 3.84. The number of hydrogen-bond acceptors (Lipinski definition) is 6. The molecule has 1 aromatic carbocycles. The Morgan fingerprint density at radius 3 is 2.85 bits per heavy atom. The molecule has 0 radical (unpaired) electrons. The maximum absolute atomic E-state index is 6.01. The van der Waals surface area contributed by atoms with Crippen molar-refractivity contribution in [2.24, 2.45) is 0 Å². The van der Waals surface area contributed by atoms with Crippen LogP contribution in [0.3, 0.4) is 0 Å². The summed E-state index contributed by atoms with van der Waals surface area (Å²) in [7, 11) is 1.70. The lowest BCUT2D eigenvalue weighted by Gasteiger charge is -2.17. The van der Waals surface area contributed by atoms with Gasteiger partial charge < -0.3 is 19.3 Å². The molecule has 4 rings (SSSR count). The van der Waals surface area contributed by atoms with Crippen molar-refractivity contribution < 1.29 is 14.0 Å². The Morgan fingerprint density at radius 1 is 1.26 bits per heavy atom. The summed E-state index contributed by atoms with van der Waals surface area (Å²) in [6.45, 7) is 4.81. The molecule has 6 heteroatoms. The summed E-state index contributed by atoms with van der Waals surface area (Å²) < 4.78 is 17.0. The number of ether oxygens (including phenoxy) is 2. The fourth-order valence-corrected chi connectivity index (χ4v) is 4.13. The van der Waals surface area contributed by atoms with E-state index >= 15 is 0 Å². The number of benzene rings is 1. The molecule has 27 heavy (non-hydrogen) atoms. The maximum Gasteiger partial charge on any atom is 0.243 e. The van der Waals surface area contributed by atoms with E-state index in [9.17, 15) is 0 Å². The van der Waals surface area contributed by atoms with Crippen LogP contribution < -0.4 is 14.8 Å². The molecule has 0 amide bonds. The van der Waals surface area contributed by atoms with Crippen molar-refractivity contribution in [1.82, 2.24) is 15.5 Å². The van der Waals surface area contributed by atoms with E-state index in [4.69, 9.17) is 14.0 Å². The van der Waals surface area contributed by atoms with Crippen LogP contribution in [0.5, 0.6) is 11.5 Å². The molecular formula is C21H29N3O3. The summed E-state index contributed by atoms with van der Waals surface area (Å²) in [6, 6.07) is 4.09. The van der Waals surface area contributed by atoms with Crippen molar-refractivity contribution in [2.45, 2.75) is 77.0 Å². The number of nitrogens with one attached hydrogen (secondary N) is 1. The second kappa shape index (κ2) is 7.89. The molecule has 1 saturated carbocycles. The third-order valence-corrected chi connectivity index (χ3v) is 5.68. The zero-order valence-corrected chi connectivity index (χ0v) is 16.5. The fourth-order valence-electron chi connectivity index (χ4n) is 4.13. The van der Waals surface area contributed by atoms with Gasteiger partial charge in [0.05, 0.1) is 13.2 Å². The van der Waals surface area contributed by atoms with Crippen molar-refractivity contribution in [2.75, 3.05) is 7.11 Å². The van der Waals surface area contributed by atoms with Crippen LogP contribution in [0.1, 0.15) is 80.8 Å². The van der Waals surface area contributed by atoms with Gasteiger partial charge in [0, 0.05) is 30.0 Å². The first-order chi connectivity index (χ1) is 13.1. The predicted molar refractivity (Wildman–Crippen MR) is 102 cm³/mol. The van der Waals surface area contributed by atoms with Crippen LogP contribution in [0.15, 0.2) is 16.7 Å². The molecular weight excluding hydrogens is 342 g/mol. The maximum atomic E-state index is 6.01. The highest BCUT2D eigenvalue weighted by atomic mass is 16.5. The van der Waals surface area contributed by atoms with Crippen LogP contribution in [-0.4, -0.2) is 23.4 Å². The van der Waals surface area contributed by atoms with Gasteiger partial charge in [0.25, 0.3) is 0 Å². The van der Waals surface area contributed by atoms with Crippen LogP contribution >= 0.6 is 0 Å². The van der Waals surface area contributed by atoms with E-state index in [1.165, 1.54) is 37.7 Å². The van der Waals surface area contributed by atoms with E-state index < -0.39 is 0 Å². The lowest BCUT2D eigenvalue weighted by atomic mass is 9.89. The SMILES string of the molecule is COc1cc(CNC(C)c2nc(C3CCCCC3)no2)c2c(c1)CC(C)O2. The minimum atomic E-state index is -0.0180. The molecule has 146 valence electrons. The molecule has 0 saturated heterocycles. The Kier molecular flexibility index (Phi) is 5.34. The van der Waals surface area contributed by atoms with Gasteiger partial charge in [-0.2, -0.15) is 4.98 Å². The lowest BCUT2D eigenvalue weighted by molar-refractivity contribution is 0.251. The predicted octanol–water partition coefficient (Wildman–Crippen LogP) is 4.30. The van der Waals surface area contributed by atoms with Crippen LogP contribution in [0.4, 0.5) is 0 Å². The van der Waals surface area contributed by atoms with E-state index in [1.807, 2.05) is 6.07 Å². The van der Waals surface area contributed by atoms with Crippen LogP contribution in [0, 0.1) is 0 Å². The highest BCUT2D eigenvalue weighted by Gasteiger charge is 2.25. The number of aromatic nitrogens is 2. The van der Waals surface area contributed by atoms with Gasteiger partial charge in [0.2, 0.25) is 5.89 Å². The first-order valence-electron chi connectivity index (χ1n) is 10.1. The Labute approximate surface area is 160 Å². The first-order valence-corrected chi connectivity index (χ1v) is 10.1. The molecule has 1 fully saturated rings. The monoisotopic (exact) mass is 371 g/mol. The average Bonchev–Trinajstić information content (AvgIpc) is 3.32. The molecule has 0 spiro atoms. The smallest absolute Gasteiger partial charge is 0.243 e. The number of methoxy groups -OCH3 is 1. The average molecular weight is 371 g/mol. The third-order valence-electron chi connectivity index (χ3n) is 5.68. The molecule has 0 bridgehead atoms. The van der Waals surface area contributed by atoms with Gasteiger partial charge in [-0.3, -0.25) is 0 Å². The van der Waals surface area contributed by atoms with E-state index in [2.05, 4.69) is 35.4 Å². The standard InChI is InChI=1S/C21H29N3O3/c1-13-9-16-10-18(25-3)11-17(19(16)26-13)12-22-14(2)21-23-20(24-27-21)15-7-5-4-6-8-15/h10-11,13-15,22H,4-9,12H2,1-3H3. The highest BCUT2D eigenvalue weighted by Crippen LogP contribution is 2.36. The largest absolute Gasteiger partial charge is 0.497 e. The van der Waals surface area contributed by atoms with Crippen LogP contribution in [0.2, 0.25) is 0 Å². The number of rotatable bonds is 6. The van der Waals surface area contributed by atoms with Gasteiger partial charge in [-0.1, -0.05) is 24.4 Å². The van der Waals surface area contributed by atoms with Gasteiger partial charge in [0.15, 0.2) is 5.82 Å². The molecule has 1 aliphatic carbocycles. The molecule has 2 atom stereocenters. The fraction of sp³-hybridized carbons (Fsp3) is 0.619. The highest BCUT2D eigenvalue weighted by molar-refractivity contribution is 5.49. The molecule has 2 heterocycles. The number of hydrogen-bond donors (Lipinski definition) is 1. The molecule has 1 aromatic heterocycles. The second-order valence-electron chi connectivity index (χ2n) is 7.84. The summed E-state index contributed by atoms with van der Waals surface area (Å²) in [5.41, 5.74) is 2.32. The van der Waals surface area contributed by atoms with Crippen LogP contribution in [-0.2, 0) is 13.0 Å². The quantitative estimate of drug-likeness (QED) is 0.816. The normalized spacial score (nSPS) is 20.9. The van der Waals surface area contributed by atoms with Gasteiger partial charge in [-0.15, -0.1) is 0 Å². The minimum absolute atomic E-state index is 0.0180. The zero-order valence-electron chi connectivity index (χ0n) is 16.5. The minimum Gasteiger partial charge on any atom is -0.497 e. The van der Waals surface area contributed by atoms with Gasteiger partial charge >= 0.3 is 0 Å². The van der Waals surface area contributed by atoms with Gasteiger partial charge in [-0.05, 0) is 38.8 Å². The first kappa shape index (κ1) is 18.3. The van der Waals surface area contributed by atoms with Crippen molar-refractivity contribution >= 4 is 0 Å². The van der Waals surface area contributed by atoms with E-state index in [-0.39, 0.29) is 12.1 Å². The van der Waals surface area contributed by atoms with Crippen molar-refractivity contribution in [3.63, 3.8) is 0 Å². The Bertz CT molecular complexity index is 783. The van der Waals surface area contributed by atoms with Crippen LogP contribution in [0.25, 0.3) is 0 Å². The zero-order chi connectivity index (χ0) is 18.8. The Morgan fingerprint density at radius 2 is 2.07 bits per heavy atom. The van der Waals surface area contributed by atoms with Crippen molar-refractivity contribution in [1.29, 1.82) is 0 Å². The van der Waals surface area contributed by atoms with E-state index in [0.717, 1.165) is 29.3 Å². The molecule has 2 aromatic rings. The van der Waals surface area contributed by atoms with Gasteiger partial charge in [-0.25, -0.2) is 0 Å². The summed E-state index contributed by atoms with van der Waals surface area (Å²) in [5, 5.41) is 7.74. The molecule has 6 nitrogen and oxygen atoms in total. The Hall–Kier alpha value is -2.08. The number of fused-ring (bicyclic) bond motifs is 1. The second-order valence-corrected chi connectivity index (χ2v) is 7.84. The van der Waals surface area contributed by atoms with E-state index in [0.29, 0.717) is 18.4 Å². The molecule has 1 N–H and O–H groups in total. The third kappa shape index (κ3) is 3.95. The van der Waals surface area contributed by atoms with Crippen molar-refractivity contribution in [3.8, 4) is 11.5 Å². The summed E-state index contributed by atoms with van der Waals surface area (Å²) >= 11 is 0. The number of nitrogens with zero attached hydrogens (tertiary/aromatic N) is 2. The molecule has 2 aliphatic rings. The Balaban J connectivity index is 1.43.